The molecule has 5 nitrogen and oxygen atoms in total. The number of benzene rings is 3. The van der Waals surface area contributed by atoms with Gasteiger partial charge in [-0.15, -0.1) is 0 Å². The summed E-state index contributed by atoms with van der Waals surface area (Å²) in [5.41, 5.74) is 3.47. The molecule has 1 fully saturated rings. The summed E-state index contributed by atoms with van der Waals surface area (Å²) in [6, 6.07) is 30.1. The van der Waals surface area contributed by atoms with Crippen molar-refractivity contribution in [1.29, 1.82) is 0 Å². The van der Waals surface area contributed by atoms with E-state index in [4.69, 9.17) is 0 Å². The molecule has 5 heteroatoms. The zero-order valence-electron chi connectivity index (χ0n) is 18.8. The summed E-state index contributed by atoms with van der Waals surface area (Å²) in [5.74, 6) is 0. The molecule has 1 heterocycles. The molecule has 0 aromatic heterocycles. The molecule has 1 amide bonds. The Labute approximate surface area is 195 Å². The molecule has 1 aliphatic rings. The zero-order chi connectivity index (χ0) is 23.0. The number of aliphatic hydroxyl groups excluding tert-OH is 1. The normalized spacial score (nSPS) is 17.8. The van der Waals surface area contributed by atoms with Crippen LogP contribution in [0.5, 0.6) is 0 Å². The van der Waals surface area contributed by atoms with E-state index in [-0.39, 0.29) is 6.04 Å². The van der Waals surface area contributed by atoms with Crippen LogP contribution in [0, 0.1) is 0 Å². The topological polar surface area (TPSA) is 64.0 Å². The average molecular weight is 445 g/mol. The molecule has 0 spiro atoms. The SMILES string of the molecule is O=C(O)N1CCCC1[C@H](O)[C@H](Cc1ccccc1)N(Cc1ccccc1)Cc1ccccc1. The standard InChI is InChI=1S/C28H32N2O3/c31-27(25-17-10-18-30(25)28(32)33)26(19-22-11-4-1-5-12-22)29(20-23-13-6-2-7-14-23)21-24-15-8-3-9-16-24/h1-9,11-16,25-27,31H,10,17-21H2,(H,32,33)/t25?,26-,27-/m0/s1. The average Bonchev–Trinajstić information content (AvgIpc) is 3.34. The monoisotopic (exact) mass is 444 g/mol. The van der Waals surface area contributed by atoms with Gasteiger partial charge in [0.25, 0.3) is 0 Å². The highest BCUT2D eigenvalue weighted by atomic mass is 16.4. The molecule has 4 rings (SSSR count). The summed E-state index contributed by atoms with van der Waals surface area (Å²) in [4.78, 5) is 15.6. The van der Waals surface area contributed by atoms with Gasteiger partial charge in [0.15, 0.2) is 0 Å². The Morgan fingerprint density at radius 3 is 1.82 bits per heavy atom. The van der Waals surface area contributed by atoms with Gasteiger partial charge in [-0.05, 0) is 36.0 Å². The van der Waals surface area contributed by atoms with Crippen molar-refractivity contribution in [1.82, 2.24) is 9.80 Å². The predicted octanol–water partition coefficient (Wildman–Crippen LogP) is 4.80. The van der Waals surface area contributed by atoms with E-state index in [1.54, 1.807) is 0 Å². The second kappa shape index (κ2) is 11.1. The molecule has 0 saturated carbocycles. The van der Waals surface area contributed by atoms with Crippen molar-refractivity contribution >= 4 is 6.09 Å². The minimum absolute atomic E-state index is 0.238. The van der Waals surface area contributed by atoms with Crippen molar-refractivity contribution in [2.45, 2.75) is 50.5 Å². The predicted molar refractivity (Wildman–Crippen MR) is 130 cm³/mol. The third-order valence-corrected chi connectivity index (χ3v) is 6.55. The molecule has 1 unspecified atom stereocenters. The zero-order valence-corrected chi connectivity index (χ0v) is 18.8. The number of hydrogen-bond donors (Lipinski definition) is 2. The van der Waals surface area contributed by atoms with Crippen LogP contribution < -0.4 is 0 Å². The molecule has 172 valence electrons. The maximum Gasteiger partial charge on any atom is 0.407 e. The van der Waals surface area contributed by atoms with E-state index in [1.807, 2.05) is 54.6 Å². The molecule has 1 aliphatic heterocycles. The second-order valence-corrected chi connectivity index (χ2v) is 8.81. The molecular weight excluding hydrogens is 412 g/mol. The number of carbonyl (C=O) groups is 1. The Morgan fingerprint density at radius 1 is 0.848 bits per heavy atom. The van der Waals surface area contributed by atoms with E-state index in [0.29, 0.717) is 32.5 Å². The third-order valence-electron chi connectivity index (χ3n) is 6.55. The Morgan fingerprint density at radius 2 is 1.33 bits per heavy atom. The number of carboxylic acid groups (broad SMARTS) is 1. The number of amides is 1. The number of nitrogens with zero attached hydrogens (tertiary/aromatic N) is 2. The number of likely N-dealkylation sites (tertiary alicyclic amines) is 1. The lowest BCUT2D eigenvalue weighted by atomic mass is 9.92. The molecule has 3 aromatic rings. The van der Waals surface area contributed by atoms with Crippen molar-refractivity contribution in [3.8, 4) is 0 Å². The molecule has 2 N–H and O–H groups in total. The van der Waals surface area contributed by atoms with E-state index in [9.17, 15) is 15.0 Å². The van der Waals surface area contributed by atoms with Crippen LogP contribution in [0.15, 0.2) is 91.0 Å². The van der Waals surface area contributed by atoms with Gasteiger partial charge in [-0.3, -0.25) is 4.90 Å². The molecular formula is C28H32N2O3. The van der Waals surface area contributed by atoms with Gasteiger partial charge in [0.2, 0.25) is 0 Å². The van der Waals surface area contributed by atoms with Gasteiger partial charge in [-0.25, -0.2) is 4.79 Å². The molecule has 3 atom stereocenters. The quantitative estimate of drug-likeness (QED) is 0.497. The van der Waals surface area contributed by atoms with Gasteiger partial charge in [0.1, 0.15) is 0 Å². The largest absolute Gasteiger partial charge is 0.465 e. The minimum Gasteiger partial charge on any atom is -0.465 e. The van der Waals surface area contributed by atoms with Crippen LogP contribution in [0.1, 0.15) is 29.5 Å². The Bertz CT molecular complexity index is 956. The lowest BCUT2D eigenvalue weighted by molar-refractivity contribution is -0.00695. The van der Waals surface area contributed by atoms with Gasteiger partial charge in [0.05, 0.1) is 12.1 Å². The first-order valence-corrected chi connectivity index (χ1v) is 11.7. The van der Waals surface area contributed by atoms with E-state index in [1.165, 1.54) is 16.0 Å². The number of aliphatic hydroxyl groups is 1. The van der Waals surface area contributed by atoms with E-state index >= 15 is 0 Å². The summed E-state index contributed by atoms with van der Waals surface area (Å²) in [7, 11) is 0. The highest BCUT2D eigenvalue weighted by Gasteiger charge is 2.39. The van der Waals surface area contributed by atoms with Crippen molar-refractivity contribution in [2.75, 3.05) is 6.54 Å². The van der Waals surface area contributed by atoms with E-state index < -0.39 is 18.2 Å². The maximum absolute atomic E-state index is 11.9. The molecule has 33 heavy (non-hydrogen) atoms. The fraction of sp³-hybridized carbons (Fsp3) is 0.321. The fourth-order valence-electron chi connectivity index (χ4n) is 4.89. The first-order valence-electron chi connectivity index (χ1n) is 11.7. The van der Waals surface area contributed by atoms with Gasteiger partial charge >= 0.3 is 6.09 Å². The first kappa shape index (κ1) is 23.0. The van der Waals surface area contributed by atoms with Crippen LogP contribution in [-0.4, -0.2) is 50.8 Å². The highest BCUT2D eigenvalue weighted by Crippen LogP contribution is 2.27. The third kappa shape index (κ3) is 6.01. The first-order chi connectivity index (χ1) is 16.1. The molecule has 0 radical (unpaired) electrons. The highest BCUT2D eigenvalue weighted by molar-refractivity contribution is 5.66. The van der Waals surface area contributed by atoms with Crippen molar-refractivity contribution in [3.63, 3.8) is 0 Å². The maximum atomic E-state index is 11.9. The summed E-state index contributed by atoms with van der Waals surface area (Å²) in [5, 5.41) is 21.4. The Balaban J connectivity index is 1.68. The van der Waals surface area contributed by atoms with Crippen LogP contribution in [-0.2, 0) is 19.5 Å². The van der Waals surface area contributed by atoms with Gasteiger partial charge in [-0.2, -0.15) is 0 Å². The fourth-order valence-corrected chi connectivity index (χ4v) is 4.89. The van der Waals surface area contributed by atoms with Gasteiger partial charge in [0, 0.05) is 25.7 Å². The lowest BCUT2D eigenvalue weighted by Gasteiger charge is -2.39. The van der Waals surface area contributed by atoms with Crippen molar-refractivity contribution in [2.24, 2.45) is 0 Å². The Kier molecular flexibility index (Phi) is 7.76. The lowest BCUT2D eigenvalue weighted by Crippen LogP contribution is -2.53. The number of hydrogen-bond acceptors (Lipinski definition) is 3. The number of rotatable bonds is 9. The summed E-state index contributed by atoms with van der Waals surface area (Å²) < 4.78 is 0. The van der Waals surface area contributed by atoms with Crippen LogP contribution >= 0.6 is 0 Å². The minimum atomic E-state index is -0.951. The molecule has 1 saturated heterocycles. The van der Waals surface area contributed by atoms with Crippen molar-refractivity contribution < 1.29 is 15.0 Å². The molecule has 0 aliphatic carbocycles. The summed E-state index contributed by atoms with van der Waals surface area (Å²) in [6.07, 6.45) is 0.363. The van der Waals surface area contributed by atoms with Crippen molar-refractivity contribution in [3.05, 3.63) is 108 Å². The van der Waals surface area contributed by atoms with Crippen LogP contribution in [0.4, 0.5) is 4.79 Å². The molecule has 0 bridgehead atoms. The molecule has 3 aromatic carbocycles. The van der Waals surface area contributed by atoms with E-state index in [0.717, 1.165) is 12.0 Å². The summed E-state index contributed by atoms with van der Waals surface area (Å²) in [6.45, 7) is 1.82. The summed E-state index contributed by atoms with van der Waals surface area (Å²) >= 11 is 0. The van der Waals surface area contributed by atoms with Crippen LogP contribution in [0.2, 0.25) is 0 Å². The van der Waals surface area contributed by atoms with Gasteiger partial charge < -0.3 is 15.1 Å². The Hall–Kier alpha value is -3.15. The van der Waals surface area contributed by atoms with E-state index in [2.05, 4.69) is 41.3 Å². The smallest absolute Gasteiger partial charge is 0.407 e. The second-order valence-electron chi connectivity index (χ2n) is 8.81. The van der Waals surface area contributed by atoms with Crippen LogP contribution in [0.3, 0.4) is 0 Å². The van der Waals surface area contributed by atoms with Gasteiger partial charge in [-0.1, -0.05) is 91.0 Å². The van der Waals surface area contributed by atoms with Crippen LogP contribution in [0.25, 0.3) is 0 Å².